The zero-order chi connectivity index (χ0) is 16.3. The van der Waals surface area contributed by atoms with Gasteiger partial charge in [-0.3, -0.25) is 9.59 Å². The SMILES string of the molecule is C[C@H](NC(=O)c1cc(S(=O)(=O)N2CCOCC2)cs1)C(=O)O. The van der Waals surface area contributed by atoms with Crippen molar-refractivity contribution < 1.29 is 27.9 Å². The quantitative estimate of drug-likeness (QED) is 0.773. The van der Waals surface area contributed by atoms with E-state index in [9.17, 15) is 18.0 Å². The first-order valence-corrected chi connectivity index (χ1v) is 8.84. The lowest BCUT2D eigenvalue weighted by molar-refractivity contribution is -0.138. The monoisotopic (exact) mass is 348 g/mol. The number of nitrogens with one attached hydrogen (secondary N) is 1. The molecule has 122 valence electrons. The van der Waals surface area contributed by atoms with E-state index in [0.717, 1.165) is 11.3 Å². The molecule has 1 aliphatic rings. The fourth-order valence-electron chi connectivity index (χ4n) is 1.84. The van der Waals surface area contributed by atoms with E-state index in [1.807, 2.05) is 0 Å². The van der Waals surface area contributed by atoms with Crippen LogP contribution in [-0.2, 0) is 19.6 Å². The third-order valence-corrected chi connectivity index (χ3v) is 6.08. The highest BCUT2D eigenvalue weighted by molar-refractivity contribution is 7.89. The molecular formula is C12H16N2O6S2. The average Bonchev–Trinajstić information content (AvgIpc) is 2.98. The summed E-state index contributed by atoms with van der Waals surface area (Å²) in [6.07, 6.45) is 0. The summed E-state index contributed by atoms with van der Waals surface area (Å²) in [4.78, 5) is 22.8. The van der Waals surface area contributed by atoms with Crippen LogP contribution >= 0.6 is 11.3 Å². The number of carbonyl (C=O) groups is 2. The first-order chi connectivity index (χ1) is 10.3. The third kappa shape index (κ3) is 3.64. The smallest absolute Gasteiger partial charge is 0.325 e. The number of ether oxygens (including phenoxy) is 1. The number of hydrogen-bond acceptors (Lipinski definition) is 6. The highest BCUT2D eigenvalue weighted by atomic mass is 32.2. The van der Waals surface area contributed by atoms with Crippen molar-refractivity contribution in [1.29, 1.82) is 0 Å². The number of carboxylic acids is 1. The number of rotatable bonds is 5. The molecule has 0 spiro atoms. The lowest BCUT2D eigenvalue weighted by Crippen LogP contribution is -2.40. The number of carboxylic acid groups (broad SMARTS) is 1. The number of morpholine rings is 1. The van der Waals surface area contributed by atoms with Crippen molar-refractivity contribution in [1.82, 2.24) is 9.62 Å². The van der Waals surface area contributed by atoms with Crippen LogP contribution in [0.25, 0.3) is 0 Å². The molecule has 0 bridgehead atoms. The molecule has 1 atom stereocenters. The molecule has 1 amide bonds. The Morgan fingerprint density at radius 3 is 2.64 bits per heavy atom. The molecule has 2 heterocycles. The highest BCUT2D eigenvalue weighted by Crippen LogP contribution is 2.23. The van der Waals surface area contributed by atoms with E-state index in [0.29, 0.717) is 13.2 Å². The molecule has 1 aromatic rings. The van der Waals surface area contributed by atoms with E-state index in [-0.39, 0.29) is 22.9 Å². The lowest BCUT2D eigenvalue weighted by atomic mass is 10.3. The summed E-state index contributed by atoms with van der Waals surface area (Å²) in [6.45, 7) is 2.56. The summed E-state index contributed by atoms with van der Waals surface area (Å²) in [5.74, 6) is -1.77. The zero-order valence-electron chi connectivity index (χ0n) is 11.8. The van der Waals surface area contributed by atoms with Crippen molar-refractivity contribution in [3.8, 4) is 0 Å². The molecule has 2 rings (SSSR count). The molecule has 1 saturated heterocycles. The largest absolute Gasteiger partial charge is 0.480 e. The Bertz CT molecular complexity index is 663. The molecule has 1 fully saturated rings. The fourth-order valence-corrected chi connectivity index (χ4v) is 4.41. The maximum Gasteiger partial charge on any atom is 0.325 e. The van der Waals surface area contributed by atoms with Gasteiger partial charge in [0, 0.05) is 18.5 Å². The number of carbonyl (C=O) groups excluding carboxylic acids is 1. The molecule has 1 aliphatic heterocycles. The van der Waals surface area contributed by atoms with E-state index in [2.05, 4.69) is 5.32 Å². The summed E-state index contributed by atoms with van der Waals surface area (Å²) in [5, 5.41) is 12.4. The van der Waals surface area contributed by atoms with E-state index in [1.165, 1.54) is 22.7 Å². The fraction of sp³-hybridized carbons (Fsp3) is 0.500. The summed E-state index contributed by atoms with van der Waals surface area (Å²) < 4.78 is 31.2. The minimum Gasteiger partial charge on any atom is -0.480 e. The predicted octanol–water partition coefficient (Wildman–Crippen LogP) is -0.0281. The molecule has 2 N–H and O–H groups in total. The average molecular weight is 348 g/mol. The first-order valence-electron chi connectivity index (χ1n) is 6.52. The van der Waals surface area contributed by atoms with E-state index >= 15 is 0 Å². The maximum atomic E-state index is 12.4. The van der Waals surface area contributed by atoms with Crippen molar-refractivity contribution in [3.05, 3.63) is 16.3 Å². The Morgan fingerprint density at radius 2 is 2.05 bits per heavy atom. The number of nitrogens with zero attached hydrogens (tertiary/aromatic N) is 1. The second-order valence-corrected chi connectivity index (χ2v) is 7.55. The van der Waals surface area contributed by atoms with Gasteiger partial charge in [0.1, 0.15) is 6.04 Å². The Morgan fingerprint density at radius 1 is 1.41 bits per heavy atom. The van der Waals surface area contributed by atoms with Crippen LogP contribution < -0.4 is 5.32 Å². The van der Waals surface area contributed by atoms with Crippen molar-refractivity contribution in [3.63, 3.8) is 0 Å². The minimum absolute atomic E-state index is 0.0347. The van der Waals surface area contributed by atoms with Crippen LogP contribution in [-0.4, -0.2) is 62.1 Å². The van der Waals surface area contributed by atoms with Crippen LogP contribution in [0.5, 0.6) is 0 Å². The zero-order valence-corrected chi connectivity index (χ0v) is 13.4. The maximum absolute atomic E-state index is 12.4. The number of thiophene rings is 1. The number of hydrogen-bond donors (Lipinski definition) is 2. The number of amides is 1. The van der Waals surface area contributed by atoms with Crippen molar-refractivity contribution >= 4 is 33.2 Å². The summed E-state index contributed by atoms with van der Waals surface area (Å²) in [5.41, 5.74) is 0. The third-order valence-electron chi connectivity index (χ3n) is 3.13. The number of sulfonamides is 1. The van der Waals surface area contributed by atoms with E-state index < -0.39 is 27.9 Å². The molecule has 8 nitrogen and oxygen atoms in total. The standard InChI is InChI=1S/C12H16N2O6S2/c1-8(12(16)17)13-11(15)10-6-9(7-21-10)22(18,19)14-2-4-20-5-3-14/h6-8H,2-5H2,1H3,(H,13,15)(H,16,17)/t8-/m0/s1. The molecule has 0 saturated carbocycles. The van der Waals surface area contributed by atoms with Crippen LogP contribution in [0.3, 0.4) is 0 Å². The lowest BCUT2D eigenvalue weighted by Gasteiger charge is -2.25. The Labute approximate surface area is 131 Å². The van der Waals surface area contributed by atoms with E-state index in [4.69, 9.17) is 9.84 Å². The topological polar surface area (TPSA) is 113 Å². The van der Waals surface area contributed by atoms with Gasteiger partial charge >= 0.3 is 5.97 Å². The molecule has 1 aromatic heterocycles. The van der Waals surface area contributed by atoms with Crippen LogP contribution in [0.2, 0.25) is 0 Å². The second-order valence-electron chi connectivity index (χ2n) is 4.70. The van der Waals surface area contributed by atoms with Crippen LogP contribution in [0.1, 0.15) is 16.6 Å². The normalized spacial score (nSPS) is 17.9. The van der Waals surface area contributed by atoms with Crippen LogP contribution in [0, 0.1) is 0 Å². The van der Waals surface area contributed by atoms with Crippen molar-refractivity contribution in [2.75, 3.05) is 26.3 Å². The molecule has 0 unspecified atom stereocenters. The number of aliphatic carboxylic acids is 1. The van der Waals surface area contributed by atoms with Gasteiger partial charge in [-0.1, -0.05) is 0 Å². The van der Waals surface area contributed by atoms with Gasteiger partial charge in [-0.05, 0) is 13.0 Å². The molecule has 22 heavy (non-hydrogen) atoms. The molecule has 10 heteroatoms. The van der Waals surface area contributed by atoms with Crippen molar-refractivity contribution in [2.45, 2.75) is 17.9 Å². The molecule has 0 aromatic carbocycles. The predicted molar refractivity (Wildman–Crippen MR) is 78.5 cm³/mol. The van der Waals surface area contributed by atoms with Crippen LogP contribution in [0.4, 0.5) is 0 Å². The van der Waals surface area contributed by atoms with Gasteiger partial charge in [0.15, 0.2) is 0 Å². The summed E-state index contributed by atoms with van der Waals surface area (Å²) in [7, 11) is -3.65. The Balaban J connectivity index is 2.13. The van der Waals surface area contributed by atoms with Gasteiger partial charge in [0.2, 0.25) is 10.0 Å². The molecular weight excluding hydrogens is 332 g/mol. The summed E-state index contributed by atoms with van der Waals surface area (Å²) >= 11 is 0.960. The van der Waals surface area contributed by atoms with Gasteiger partial charge in [0.05, 0.1) is 23.0 Å². The van der Waals surface area contributed by atoms with Crippen molar-refractivity contribution in [2.24, 2.45) is 0 Å². The van der Waals surface area contributed by atoms with Gasteiger partial charge in [-0.15, -0.1) is 11.3 Å². The molecule has 0 radical (unpaired) electrons. The van der Waals surface area contributed by atoms with Gasteiger partial charge in [0.25, 0.3) is 5.91 Å². The second kappa shape index (κ2) is 6.73. The Hall–Kier alpha value is -1.49. The first kappa shape index (κ1) is 16.9. The minimum atomic E-state index is -3.65. The summed E-state index contributed by atoms with van der Waals surface area (Å²) in [6, 6.07) is 0.216. The highest BCUT2D eigenvalue weighted by Gasteiger charge is 2.28. The van der Waals surface area contributed by atoms with Gasteiger partial charge in [-0.2, -0.15) is 4.31 Å². The molecule has 0 aliphatic carbocycles. The Kier molecular flexibility index (Phi) is 5.16. The van der Waals surface area contributed by atoms with E-state index in [1.54, 1.807) is 0 Å². The van der Waals surface area contributed by atoms with Gasteiger partial charge < -0.3 is 15.2 Å². The van der Waals surface area contributed by atoms with Crippen LogP contribution in [0.15, 0.2) is 16.3 Å². The van der Waals surface area contributed by atoms with Gasteiger partial charge in [-0.25, -0.2) is 8.42 Å².